The van der Waals surface area contributed by atoms with Gasteiger partial charge in [-0.05, 0) is 61.0 Å². The van der Waals surface area contributed by atoms with Crippen molar-refractivity contribution in [1.29, 1.82) is 0 Å². The molecular weight excluding hydrogens is 403 g/mol. The zero-order valence-electron chi connectivity index (χ0n) is 18.2. The lowest BCUT2D eigenvalue weighted by atomic mass is 9.94. The van der Waals surface area contributed by atoms with Gasteiger partial charge in [0.25, 0.3) is 0 Å². The summed E-state index contributed by atoms with van der Waals surface area (Å²) in [5.74, 6) is 2.07. The molecule has 0 aliphatic carbocycles. The SMILES string of the molecule is COc1ccc([C@H]2c3c(C)nn(-c4ccccc4)c3N=C(c3ccc(F)cc3)N2C)cc1. The molecule has 1 atom stereocenters. The molecule has 4 aromatic rings. The number of rotatable bonds is 4. The first kappa shape index (κ1) is 20.0. The molecule has 0 unspecified atom stereocenters. The van der Waals surface area contributed by atoms with E-state index in [1.807, 2.05) is 61.1 Å². The Hall–Kier alpha value is -3.93. The number of aryl methyl sites for hydroxylation is 1. The number of benzene rings is 3. The molecule has 32 heavy (non-hydrogen) atoms. The van der Waals surface area contributed by atoms with Gasteiger partial charge in [0.2, 0.25) is 0 Å². The van der Waals surface area contributed by atoms with Crippen LogP contribution in [0.15, 0.2) is 83.9 Å². The zero-order chi connectivity index (χ0) is 22.2. The Kier molecular flexibility index (Phi) is 4.98. The Labute approximate surface area is 186 Å². The summed E-state index contributed by atoms with van der Waals surface area (Å²) in [6.07, 6.45) is 0. The van der Waals surface area contributed by atoms with E-state index in [0.717, 1.165) is 45.5 Å². The summed E-state index contributed by atoms with van der Waals surface area (Å²) in [7, 11) is 3.67. The number of halogens is 1. The van der Waals surface area contributed by atoms with Gasteiger partial charge in [0.15, 0.2) is 5.82 Å². The predicted molar refractivity (Wildman–Crippen MR) is 123 cm³/mol. The largest absolute Gasteiger partial charge is 0.497 e. The third-order valence-electron chi connectivity index (χ3n) is 5.82. The second kappa shape index (κ2) is 7.96. The summed E-state index contributed by atoms with van der Waals surface area (Å²) in [4.78, 5) is 7.16. The zero-order valence-corrected chi connectivity index (χ0v) is 18.2. The maximum Gasteiger partial charge on any atom is 0.163 e. The van der Waals surface area contributed by atoms with Gasteiger partial charge in [-0.15, -0.1) is 0 Å². The van der Waals surface area contributed by atoms with Crippen LogP contribution in [0.1, 0.15) is 28.4 Å². The highest BCUT2D eigenvalue weighted by molar-refractivity contribution is 6.02. The highest BCUT2D eigenvalue weighted by atomic mass is 19.1. The summed E-state index contributed by atoms with van der Waals surface area (Å²) in [6, 6.07) is 24.4. The maximum atomic E-state index is 13.6. The van der Waals surface area contributed by atoms with Crippen molar-refractivity contribution >= 4 is 11.7 Å². The van der Waals surface area contributed by atoms with E-state index in [9.17, 15) is 4.39 Å². The molecule has 0 saturated carbocycles. The van der Waals surface area contributed by atoms with Gasteiger partial charge in [-0.2, -0.15) is 5.10 Å². The first-order valence-corrected chi connectivity index (χ1v) is 10.4. The van der Waals surface area contributed by atoms with E-state index in [-0.39, 0.29) is 11.9 Å². The van der Waals surface area contributed by atoms with E-state index in [1.165, 1.54) is 12.1 Å². The van der Waals surface area contributed by atoms with Gasteiger partial charge in [0.1, 0.15) is 17.4 Å². The molecule has 0 saturated heterocycles. The standard InChI is InChI=1S/C26H23FN4O/c1-17-23-24(18-11-15-22(32-3)16-12-18)30(2)25(19-9-13-20(27)14-10-19)28-26(23)31(29-17)21-7-5-4-6-8-21/h4-16,24H,1-3H3/t24-/m0/s1. The van der Waals surface area contributed by atoms with Gasteiger partial charge in [-0.1, -0.05) is 30.3 Å². The topological polar surface area (TPSA) is 42.6 Å². The highest BCUT2D eigenvalue weighted by Gasteiger charge is 2.34. The van der Waals surface area contributed by atoms with E-state index in [1.54, 1.807) is 19.2 Å². The molecule has 0 spiro atoms. The molecule has 160 valence electrons. The summed E-state index contributed by atoms with van der Waals surface area (Å²) < 4.78 is 20.8. The summed E-state index contributed by atoms with van der Waals surface area (Å²) in [5, 5.41) is 4.85. The number of hydrogen-bond donors (Lipinski definition) is 0. The van der Waals surface area contributed by atoms with Gasteiger partial charge in [0.05, 0.1) is 24.5 Å². The molecular formula is C26H23FN4O. The molecule has 5 nitrogen and oxygen atoms in total. The number of amidine groups is 1. The van der Waals surface area contributed by atoms with Crippen LogP contribution in [0.3, 0.4) is 0 Å². The van der Waals surface area contributed by atoms with Gasteiger partial charge in [-0.25, -0.2) is 14.1 Å². The van der Waals surface area contributed by atoms with E-state index >= 15 is 0 Å². The second-order valence-electron chi connectivity index (χ2n) is 7.80. The van der Waals surface area contributed by atoms with E-state index in [0.29, 0.717) is 0 Å². The Morgan fingerprint density at radius 2 is 1.59 bits per heavy atom. The molecule has 0 fully saturated rings. The molecule has 2 heterocycles. The Morgan fingerprint density at radius 3 is 2.25 bits per heavy atom. The second-order valence-corrected chi connectivity index (χ2v) is 7.80. The van der Waals surface area contributed by atoms with Crippen molar-refractivity contribution in [3.05, 3.63) is 107 Å². The fourth-order valence-electron chi connectivity index (χ4n) is 4.24. The first-order valence-electron chi connectivity index (χ1n) is 10.4. The minimum Gasteiger partial charge on any atom is -0.497 e. The van der Waals surface area contributed by atoms with Crippen LogP contribution in [0.4, 0.5) is 10.2 Å². The van der Waals surface area contributed by atoms with Crippen LogP contribution in [0.5, 0.6) is 5.75 Å². The maximum absolute atomic E-state index is 13.6. The minimum absolute atomic E-state index is 0.106. The predicted octanol–water partition coefficient (Wildman–Crippen LogP) is 5.44. The third kappa shape index (κ3) is 3.34. The fourth-order valence-corrected chi connectivity index (χ4v) is 4.24. The molecule has 0 N–H and O–H groups in total. The average Bonchev–Trinajstić information content (AvgIpc) is 3.16. The summed E-state index contributed by atoms with van der Waals surface area (Å²) in [5.41, 5.74) is 4.85. The molecule has 5 rings (SSSR count). The van der Waals surface area contributed by atoms with E-state index in [2.05, 4.69) is 17.0 Å². The quantitative estimate of drug-likeness (QED) is 0.436. The first-order chi connectivity index (χ1) is 15.6. The van der Waals surface area contributed by atoms with Crippen LogP contribution in [0.25, 0.3) is 5.69 Å². The van der Waals surface area contributed by atoms with Crippen LogP contribution in [0, 0.1) is 12.7 Å². The Bertz CT molecular complexity index is 1280. The molecule has 0 amide bonds. The molecule has 3 aromatic carbocycles. The Balaban J connectivity index is 1.74. The molecule has 0 radical (unpaired) electrons. The van der Waals surface area contributed by atoms with Crippen LogP contribution < -0.4 is 4.74 Å². The molecule has 6 heteroatoms. The molecule has 1 aliphatic heterocycles. The fraction of sp³-hybridized carbons (Fsp3) is 0.154. The van der Waals surface area contributed by atoms with Gasteiger partial charge >= 0.3 is 0 Å². The van der Waals surface area contributed by atoms with Crippen LogP contribution in [-0.4, -0.2) is 34.7 Å². The number of hydrogen-bond acceptors (Lipinski definition) is 4. The van der Waals surface area contributed by atoms with Gasteiger partial charge in [0, 0.05) is 18.2 Å². The smallest absolute Gasteiger partial charge is 0.163 e. The monoisotopic (exact) mass is 426 g/mol. The third-order valence-corrected chi connectivity index (χ3v) is 5.82. The number of nitrogens with zero attached hydrogens (tertiary/aromatic N) is 4. The molecule has 0 bridgehead atoms. The van der Waals surface area contributed by atoms with Crippen molar-refractivity contribution in [2.75, 3.05) is 14.2 Å². The average molecular weight is 426 g/mol. The summed E-state index contributed by atoms with van der Waals surface area (Å²) >= 11 is 0. The highest BCUT2D eigenvalue weighted by Crippen LogP contribution is 2.42. The number of aliphatic imine (C=N–C) groups is 1. The van der Waals surface area contributed by atoms with Crippen LogP contribution in [-0.2, 0) is 0 Å². The Morgan fingerprint density at radius 1 is 0.906 bits per heavy atom. The van der Waals surface area contributed by atoms with Crippen molar-refractivity contribution < 1.29 is 9.13 Å². The lowest BCUT2D eigenvalue weighted by Crippen LogP contribution is -2.35. The molecule has 1 aromatic heterocycles. The van der Waals surface area contributed by atoms with Gasteiger partial charge < -0.3 is 9.64 Å². The molecule has 1 aliphatic rings. The summed E-state index contributed by atoms with van der Waals surface area (Å²) in [6.45, 7) is 2.01. The number of aromatic nitrogens is 2. The number of methoxy groups -OCH3 is 1. The lowest BCUT2D eigenvalue weighted by molar-refractivity contribution is 0.409. The van der Waals surface area contributed by atoms with Crippen molar-refractivity contribution in [3.63, 3.8) is 0 Å². The van der Waals surface area contributed by atoms with Crippen molar-refractivity contribution in [1.82, 2.24) is 14.7 Å². The number of ether oxygens (including phenoxy) is 1. The van der Waals surface area contributed by atoms with E-state index < -0.39 is 0 Å². The van der Waals surface area contributed by atoms with Crippen LogP contribution >= 0.6 is 0 Å². The van der Waals surface area contributed by atoms with Crippen LogP contribution in [0.2, 0.25) is 0 Å². The normalized spacial score (nSPS) is 15.3. The van der Waals surface area contributed by atoms with Gasteiger partial charge in [-0.3, -0.25) is 0 Å². The lowest BCUT2D eigenvalue weighted by Gasteiger charge is -2.35. The number of para-hydroxylation sites is 1. The van der Waals surface area contributed by atoms with Crippen molar-refractivity contribution in [2.45, 2.75) is 13.0 Å². The minimum atomic E-state index is -0.273. The van der Waals surface area contributed by atoms with Crippen molar-refractivity contribution in [3.8, 4) is 11.4 Å². The van der Waals surface area contributed by atoms with E-state index in [4.69, 9.17) is 14.8 Å². The van der Waals surface area contributed by atoms with Crippen molar-refractivity contribution in [2.24, 2.45) is 4.99 Å². The number of fused-ring (bicyclic) bond motifs is 1.